The Morgan fingerprint density at radius 2 is 1.95 bits per heavy atom. The van der Waals surface area contributed by atoms with E-state index < -0.39 is 0 Å². The van der Waals surface area contributed by atoms with Crippen LogP contribution in [0.5, 0.6) is 5.75 Å². The molecule has 0 bridgehead atoms. The van der Waals surface area contributed by atoms with Crippen LogP contribution in [-0.2, 0) is 4.79 Å². The molecule has 1 aromatic rings. The minimum absolute atomic E-state index is 0.173. The first-order chi connectivity index (χ1) is 9.67. The van der Waals surface area contributed by atoms with Crippen LogP contribution in [-0.4, -0.2) is 18.4 Å². The van der Waals surface area contributed by atoms with Crippen LogP contribution in [0.1, 0.15) is 49.9 Å². The quantitative estimate of drug-likeness (QED) is 0.594. The molecule has 0 aromatic heterocycles. The lowest BCUT2D eigenvalue weighted by Crippen LogP contribution is -2.41. The van der Waals surface area contributed by atoms with Crippen LogP contribution in [0, 0.1) is 0 Å². The first kappa shape index (κ1) is 16.0. The van der Waals surface area contributed by atoms with Crippen molar-refractivity contribution in [3.8, 4) is 5.75 Å². The molecular formula is C15H22N2O3. The number of nitrogens with one attached hydrogen (secondary N) is 2. The zero-order chi connectivity index (χ0) is 14.8. The van der Waals surface area contributed by atoms with Gasteiger partial charge in [-0.1, -0.05) is 25.8 Å². The average molecular weight is 278 g/mol. The zero-order valence-corrected chi connectivity index (χ0v) is 12.1. The Labute approximate surface area is 119 Å². The largest absolute Gasteiger partial charge is 0.494 e. The van der Waals surface area contributed by atoms with E-state index in [1.807, 2.05) is 6.92 Å². The predicted octanol–water partition coefficient (Wildman–Crippen LogP) is 2.43. The van der Waals surface area contributed by atoms with Gasteiger partial charge in [-0.3, -0.25) is 20.4 Å². The molecule has 2 amide bonds. The van der Waals surface area contributed by atoms with Crippen LogP contribution < -0.4 is 15.6 Å². The van der Waals surface area contributed by atoms with Crippen LogP contribution in [0.2, 0.25) is 0 Å². The highest BCUT2D eigenvalue weighted by molar-refractivity contribution is 5.95. The lowest BCUT2D eigenvalue weighted by Gasteiger charge is -2.08. The molecule has 0 unspecified atom stereocenters. The fourth-order valence-electron chi connectivity index (χ4n) is 1.69. The van der Waals surface area contributed by atoms with Gasteiger partial charge in [0.15, 0.2) is 0 Å². The van der Waals surface area contributed by atoms with Gasteiger partial charge in [-0.2, -0.15) is 0 Å². The van der Waals surface area contributed by atoms with E-state index in [2.05, 4.69) is 17.8 Å². The van der Waals surface area contributed by atoms with E-state index in [4.69, 9.17) is 4.74 Å². The molecule has 110 valence electrons. The van der Waals surface area contributed by atoms with Crippen molar-refractivity contribution in [3.63, 3.8) is 0 Å². The van der Waals surface area contributed by atoms with E-state index in [-0.39, 0.29) is 11.8 Å². The minimum atomic E-state index is -0.351. The van der Waals surface area contributed by atoms with E-state index in [1.54, 1.807) is 24.3 Å². The number of rotatable bonds is 7. The third-order valence-electron chi connectivity index (χ3n) is 2.73. The monoisotopic (exact) mass is 278 g/mol. The molecule has 5 nitrogen and oxygen atoms in total. The number of amides is 2. The maximum absolute atomic E-state index is 11.9. The van der Waals surface area contributed by atoms with Crippen molar-refractivity contribution in [1.82, 2.24) is 10.9 Å². The Bertz CT molecular complexity index is 446. The van der Waals surface area contributed by atoms with Gasteiger partial charge < -0.3 is 4.74 Å². The molecule has 0 saturated carbocycles. The number of ether oxygens (including phenoxy) is 1. The smallest absolute Gasteiger partial charge is 0.269 e. The maximum Gasteiger partial charge on any atom is 0.269 e. The number of carbonyl (C=O) groups is 2. The van der Waals surface area contributed by atoms with E-state index in [9.17, 15) is 9.59 Å². The van der Waals surface area contributed by atoms with Gasteiger partial charge in [0.2, 0.25) is 5.91 Å². The van der Waals surface area contributed by atoms with E-state index in [1.165, 1.54) is 0 Å². The van der Waals surface area contributed by atoms with E-state index >= 15 is 0 Å². The second-order valence-electron chi connectivity index (χ2n) is 4.42. The molecule has 5 heteroatoms. The first-order valence-corrected chi connectivity index (χ1v) is 6.99. The summed E-state index contributed by atoms with van der Waals surface area (Å²) >= 11 is 0. The van der Waals surface area contributed by atoms with Gasteiger partial charge in [-0.25, -0.2) is 0 Å². The van der Waals surface area contributed by atoms with Crippen LogP contribution in [0.3, 0.4) is 0 Å². The summed E-state index contributed by atoms with van der Waals surface area (Å²) in [5, 5.41) is 0. The minimum Gasteiger partial charge on any atom is -0.494 e. The fraction of sp³-hybridized carbons (Fsp3) is 0.467. The van der Waals surface area contributed by atoms with Gasteiger partial charge in [0.1, 0.15) is 5.75 Å². The van der Waals surface area contributed by atoms with Crippen LogP contribution >= 0.6 is 0 Å². The van der Waals surface area contributed by atoms with Crippen LogP contribution in [0.4, 0.5) is 0 Å². The predicted molar refractivity (Wildman–Crippen MR) is 77.4 cm³/mol. The summed E-state index contributed by atoms with van der Waals surface area (Å²) in [6.45, 7) is 4.49. The molecule has 0 aliphatic heterocycles. The molecule has 0 spiro atoms. The second kappa shape index (κ2) is 8.96. The van der Waals surface area contributed by atoms with Crippen molar-refractivity contribution >= 4 is 11.8 Å². The van der Waals surface area contributed by atoms with Crippen LogP contribution in [0.15, 0.2) is 24.3 Å². The number of carbonyl (C=O) groups excluding carboxylic acids is 2. The molecule has 0 radical (unpaired) electrons. The normalized spacial score (nSPS) is 9.90. The lowest BCUT2D eigenvalue weighted by molar-refractivity contribution is -0.121. The van der Waals surface area contributed by atoms with Crippen molar-refractivity contribution in [3.05, 3.63) is 29.8 Å². The summed E-state index contributed by atoms with van der Waals surface area (Å²) in [7, 11) is 0. The summed E-state index contributed by atoms with van der Waals surface area (Å²) in [4.78, 5) is 23.3. The molecule has 0 aliphatic carbocycles. The van der Waals surface area contributed by atoms with E-state index in [0.717, 1.165) is 19.3 Å². The van der Waals surface area contributed by atoms with Gasteiger partial charge in [-0.05, 0) is 31.5 Å². The van der Waals surface area contributed by atoms with Crippen molar-refractivity contribution < 1.29 is 14.3 Å². The number of benzene rings is 1. The molecular weight excluding hydrogens is 256 g/mol. The first-order valence-electron chi connectivity index (χ1n) is 6.99. The van der Waals surface area contributed by atoms with Gasteiger partial charge >= 0.3 is 0 Å². The van der Waals surface area contributed by atoms with Gasteiger partial charge in [-0.15, -0.1) is 0 Å². The van der Waals surface area contributed by atoms with Crippen molar-refractivity contribution in [2.24, 2.45) is 0 Å². The van der Waals surface area contributed by atoms with Crippen LogP contribution in [0.25, 0.3) is 0 Å². The summed E-state index contributed by atoms with van der Waals surface area (Å²) in [5.74, 6) is 0.109. The topological polar surface area (TPSA) is 67.4 Å². The summed E-state index contributed by atoms with van der Waals surface area (Å²) < 4.78 is 5.32. The highest BCUT2D eigenvalue weighted by Gasteiger charge is 2.08. The SMILES string of the molecule is CCCCCC(=O)NNC(=O)c1cccc(OCC)c1. The summed E-state index contributed by atoms with van der Waals surface area (Å²) in [5.41, 5.74) is 5.26. The molecule has 0 fully saturated rings. The van der Waals surface area contributed by atoms with Gasteiger partial charge in [0.25, 0.3) is 5.91 Å². The fourth-order valence-corrected chi connectivity index (χ4v) is 1.69. The maximum atomic E-state index is 11.9. The Morgan fingerprint density at radius 3 is 2.65 bits per heavy atom. The molecule has 20 heavy (non-hydrogen) atoms. The molecule has 2 N–H and O–H groups in total. The summed E-state index contributed by atoms with van der Waals surface area (Å²) in [6, 6.07) is 6.83. The third kappa shape index (κ3) is 5.73. The molecule has 0 heterocycles. The van der Waals surface area contributed by atoms with Crippen molar-refractivity contribution in [2.45, 2.75) is 39.5 Å². The molecule has 0 atom stereocenters. The molecule has 0 aliphatic rings. The number of hydrazine groups is 1. The molecule has 0 saturated heterocycles. The highest BCUT2D eigenvalue weighted by Crippen LogP contribution is 2.12. The Kier molecular flexibility index (Phi) is 7.17. The average Bonchev–Trinajstić information content (AvgIpc) is 2.46. The Balaban J connectivity index is 2.42. The number of hydrogen-bond acceptors (Lipinski definition) is 3. The zero-order valence-electron chi connectivity index (χ0n) is 12.1. The van der Waals surface area contributed by atoms with Crippen molar-refractivity contribution in [2.75, 3.05) is 6.61 Å². The van der Waals surface area contributed by atoms with Gasteiger partial charge in [0.05, 0.1) is 6.61 Å². The molecule has 1 aromatic carbocycles. The number of unbranched alkanes of at least 4 members (excludes halogenated alkanes) is 2. The Morgan fingerprint density at radius 1 is 1.15 bits per heavy atom. The second-order valence-corrected chi connectivity index (χ2v) is 4.42. The third-order valence-corrected chi connectivity index (χ3v) is 2.73. The lowest BCUT2D eigenvalue weighted by atomic mass is 10.2. The highest BCUT2D eigenvalue weighted by atomic mass is 16.5. The van der Waals surface area contributed by atoms with Crippen molar-refractivity contribution in [1.29, 1.82) is 0 Å². The van der Waals surface area contributed by atoms with Gasteiger partial charge in [0, 0.05) is 12.0 Å². The molecule has 1 rings (SSSR count). The summed E-state index contributed by atoms with van der Waals surface area (Å²) in [6.07, 6.45) is 3.33. The standard InChI is InChI=1S/C15H22N2O3/c1-3-5-6-10-14(18)16-17-15(19)12-8-7-9-13(11-12)20-4-2/h7-9,11H,3-6,10H2,1-2H3,(H,16,18)(H,17,19). The Hall–Kier alpha value is -2.04. The van der Waals surface area contributed by atoms with E-state index in [0.29, 0.717) is 24.3 Å². The number of hydrogen-bond donors (Lipinski definition) is 2.